The highest BCUT2D eigenvalue weighted by Gasteiger charge is 2.44. The summed E-state index contributed by atoms with van der Waals surface area (Å²) in [4.78, 5) is 2.62. The summed E-state index contributed by atoms with van der Waals surface area (Å²) in [5.74, 6) is 0. The van der Waals surface area contributed by atoms with Crippen LogP contribution in [-0.2, 0) is 10.8 Å². The number of benzene rings is 4. The van der Waals surface area contributed by atoms with Crippen molar-refractivity contribution >= 4 is 77.4 Å². The standard InChI is InChI=1S/C58H67BN2OS/c1-15-40(55(5,6)7)41(56(8,9)10)28-31-60-45-22-19-23-47-52(45)59(51-33-36-32-42-43(35-49(36)62-51)58(13,14)30-29-57(42,11)12)44-34-37(54(2,3)4)26-27-46(44)61(47)48-24-18-21-39-38-20-16-17-25-50(38)63-53(39)48/h15-25,28,31-35,60H,1,26-27,29-30H2,2-14H3/b31-28+,41-40-. The third kappa shape index (κ3) is 7.46. The summed E-state index contributed by atoms with van der Waals surface area (Å²) in [7, 11) is 0. The molecule has 63 heavy (non-hydrogen) atoms. The summed E-state index contributed by atoms with van der Waals surface area (Å²) in [6, 6.07) is 29.8. The van der Waals surface area contributed by atoms with Gasteiger partial charge in [0.05, 0.1) is 16.0 Å². The van der Waals surface area contributed by atoms with Crippen LogP contribution in [0.15, 0.2) is 142 Å². The zero-order valence-electron chi connectivity index (χ0n) is 40.2. The van der Waals surface area contributed by atoms with Gasteiger partial charge in [-0.05, 0) is 135 Å². The maximum absolute atomic E-state index is 7.29. The van der Waals surface area contributed by atoms with Gasteiger partial charge in [0, 0.05) is 44.1 Å². The van der Waals surface area contributed by atoms with Gasteiger partial charge in [0.1, 0.15) is 5.58 Å². The Morgan fingerprint density at radius 2 is 1.41 bits per heavy atom. The SMILES string of the molecule is C=C/C(=C(\C=C\Nc1cccc2c1B(c1cc3cc4c(cc3o1)C(C)(C)CCC4(C)C)C1=C(CCC(C(C)(C)C)=C1)N2c1cccc2c1sc1ccccc12)C(C)(C)C)C(C)(C)C. The molecule has 0 atom stereocenters. The number of thiophene rings is 1. The van der Waals surface area contributed by atoms with Crippen molar-refractivity contribution in [2.45, 2.75) is 127 Å². The molecule has 5 heteroatoms. The molecule has 0 fully saturated rings. The molecule has 1 N–H and O–H groups in total. The van der Waals surface area contributed by atoms with E-state index in [1.807, 2.05) is 11.3 Å². The topological polar surface area (TPSA) is 28.4 Å². The van der Waals surface area contributed by atoms with Gasteiger partial charge >= 0.3 is 0 Å². The lowest BCUT2D eigenvalue weighted by Gasteiger charge is -2.42. The zero-order valence-corrected chi connectivity index (χ0v) is 41.0. The van der Waals surface area contributed by atoms with E-state index in [4.69, 9.17) is 4.42 Å². The fourth-order valence-corrected chi connectivity index (χ4v) is 12.0. The van der Waals surface area contributed by atoms with Crippen LogP contribution in [0.25, 0.3) is 31.1 Å². The smallest absolute Gasteiger partial charge is 0.294 e. The quantitative estimate of drug-likeness (QED) is 0.134. The Balaban J connectivity index is 1.32. The van der Waals surface area contributed by atoms with Crippen LogP contribution in [0, 0.1) is 16.2 Å². The lowest BCUT2D eigenvalue weighted by molar-refractivity contribution is 0.332. The highest BCUT2D eigenvalue weighted by molar-refractivity contribution is 7.26. The second-order valence-corrected chi connectivity index (χ2v) is 24.0. The van der Waals surface area contributed by atoms with Crippen LogP contribution in [0.4, 0.5) is 17.1 Å². The van der Waals surface area contributed by atoms with Crippen molar-refractivity contribution in [1.82, 2.24) is 0 Å². The summed E-state index contributed by atoms with van der Waals surface area (Å²) in [5.41, 5.74) is 16.4. The molecule has 6 aromatic rings. The Morgan fingerprint density at radius 3 is 2.10 bits per heavy atom. The van der Waals surface area contributed by atoms with Crippen LogP contribution >= 0.6 is 11.3 Å². The van der Waals surface area contributed by atoms with E-state index in [0.29, 0.717) is 0 Å². The van der Waals surface area contributed by atoms with Gasteiger partial charge in [-0.2, -0.15) is 0 Å². The molecule has 3 heterocycles. The lowest BCUT2D eigenvalue weighted by Crippen LogP contribution is -2.51. The van der Waals surface area contributed by atoms with E-state index in [1.165, 1.54) is 94.3 Å². The minimum absolute atomic E-state index is 0.0237. The van der Waals surface area contributed by atoms with Gasteiger partial charge in [0.15, 0.2) is 0 Å². The van der Waals surface area contributed by atoms with E-state index >= 15 is 0 Å². The number of furan rings is 1. The minimum atomic E-state index is -0.135. The van der Waals surface area contributed by atoms with Crippen LogP contribution in [0.3, 0.4) is 0 Å². The summed E-state index contributed by atoms with van der Waals surface area (Å²) in [6.45, 7) is 34.6. The van der Waals surface area contributed by atoms with E-state index < -0.39 is 0 Å². The molecule has 0 radical (unpaired) electrons. The molecule has 324 valence electrons. The second-order valence-electron chi connectivity index (χ2n) is 22.9. The second kappa shape index (κ2) is 15.0. The minimum Gasteiger partial charge on any atom is -0.470 e. The van der Waals surface area contributed by atoms with Crippen LogP contribution < -0.4 is 21.3 Å². The maximum atomic E-state index is 7.29. The molecular formula is C58H67BN2OS. The third-order valence-corrected chi connectivity index (χ3v) is 15.7. The molecule has 3 nitrogen and oxygen atoms in total. The molecule has 0 unspecified atom stereocenters. The van der Waals surface area contributed by atoms with Crippen LogP contribution in [0.5, 0.6) is 0 Å². The molecule has 0 spiro atoms. The summed E-state index contributed by atoms with van der Waals surface area (Å²) in [5, 5.41) is 7.73. The molecule has 1 aliphatic heterocycles. The molecule has 4 aromatic carbocycles. The number of hydrogen-bond donors (Lipinski definition) is 1. The van der Waals surface area contributed by atoms with Gasteiger partial charge in [-0.1, -0.05) is 151 Å². The van der Waals surface area contributed by atoms with Crippen LogP contribution in [0.1, 0.15) is 127 Å². The highest BCUT2D eigenvalue weighted by atomic mass is 32.1. The van der Waals surface area contributed by atoms with Crippen molar-refractivity contribution in [2.75, 3.05) is 10.2 Å². The third-order valence-electron chi connectivity index (χ3n) is 14.5. The molecule has 0 saturated heterocycles. The molecule has 0 saturated carbocycles. The molecule has 9 rings (SSSR count). The maximum Gasteiger partial charge on any atom is 0.294 e. The van der Waals surface area contributed by atoms with Crippen molar-refractivity contribution in [3.63, 3.8) is 0 Å². The average molecular weight is 851 g/mol. The molecule has 2 aromatic heterocycles. The normalized spacial score (nSPS) is 18.1. The van der Waals surface area contributed by atoms with Gasteiger partial charge in [-0.3, -0.25) is 0 Å². The number of nitrogens with one attached hydrogen (secondary N) is 1. The molecule has 0 bridgehead atoms. The van der Waals surface area contributed by atoms with Gasteiger partial charge < -0.3 is 14.6 Å². The largest absolute Gasteiger partial charge is 0.470 e. The first-order valence-electron chi connectivity index (χ1n) is 23.2. The van der Waals surface area contributed by atoms with Crippen molar-refractivity contribution in [3.05, 3.63) is 149 Å². The van der Waals surface area contributed by atoms with E-state index in [0.717, 1.165) is 29.8 Å². The van der Waals surface area contributed by atoms with E-state index in [9.17, 15) is 0 Å². The number of hydrogen-bond acceptors (Lipinski definition) is 4. The van der Waals surface area contributed by atoms with Crippen molar-refractivity contribution in [2.24, 2.45) is 16.2 Å². The van der Waals surface area contributed by atoms with E-state index in [2.05, 4.69) is 210 Å². The average Bonchev–Trinajstić information content (AvgIpc) is 3.81. The van der Waals surface area contributed by atoms with E-state index in [-0.39, 0.29) is 33.8 Å². The first-order valence-corrected chi connectivity index (χ1v) is 24.1. The number of allylic oxidation sites excluding steroid dienone is 8. The molecule has 3 aliphatic rings. The first-order chi connectivity index (χ1) is 29.6. The Labute approximate surface area is 381 Å². The molecule has 2 aliphatic carbocycles. The number of nitrogens with zero attached hydrogens (tertiary/aromatic N) is 1. The number of anilines is 3. The fourth-order valence-electron chi connectivity index (χ4n) is 10.8. The van der Waals surface area contributed by atoms with Crippen LogP contribution in [-0.4, -0.2) is 6.71 Å². The molecule has 0 amide bonds. The van der Waals surface area contributed by atoms with Gasteiger partial charge in [-0.15, -0.1) is 11.3 Å². The van der Waals surface area contributed by atoms with Gasteiger partial charge in [0.25, 0.3) is 6.71 Å². The van der Waals surface area contributed by atoms with Crippen molar-refractivity contribution < 1.29 is 4.42 Å². The Bertz CT molecular complexity index is 2900. The monoisotopic (exact) mass is 851 g/mol. The Morgan fingerprint density at radius 1 is 0.762 bits per heavy atom. The fraction of sp³-hybridized carbons (Fsp3) is 0.379. The predicted octanol–water partition coefficient (Wildman–Crippen LogP) is 16.0. The Kier molecular flexibility index (Phi) is 10.3. The molecular weight excluding hydrogens is 784 g/mol. The number of rotatable bonds is 6. The first kappa shape index (κ1) is 43.3. The zero-order chi connectivity index (χ0) is 45.0. The number of fused-ring (bicyclic) bond motifs is 6. The van der Waals surface area contributed by atoms with E-state index in [1.54, 1.807) is 0 Å². The Hall–Kier alpha value is -5.00. The summed E-state index contributed by atoms with van der Waals surface area (Å²) >= 11 is 1.90. The lowest BCUT2D eigenvalue weighted by atomic mass is 9.35. The van der Waals surface area contributed by atoms with Crippen molar-refractivity contribution in [3.8, 4) is 0 Å². The summed E-state index contributed by atoms with van der Waals surface area (Å²) < 4.78 is 9.93. The van der Waals surface area contributed by atoms with Gasteiger partial charge in [0.2, 0.25) is 0 Å². The summed E-state index contributed by atoms with van der Waals surface area (Å²) in [6.07, 6.45) is 13.4. The van der Waals surface area contributed by atoms with Gasteiger partial charge in [-0.25, -0.2) is 0 Å². The van der Waals surface area contributed by atoms with Crippen molar-refractivity contribution in [1.29, 1.82) is 0 Å². The van der Waals surface area contributed by atoms with Crippen LogP contribution in [0.2, 0.25) is 0 Å². The predicted molar refractivity (Wildman–Crippen MR) is 277 cm³/mol. The highest BCUT2D eigenvalue weighted by Crippen LogP contribution is 2.50.